The summed E-state index contributed by atoms with van der Waals surface area (Å²) in [6.07, 6.45) is 0. The molecule has 0 atom stereocenters. The van der Waals surface area contributed by atoms with Crippen molar-refractivity contribution in [3.63, 3.8) is 0 Å². The average molecular weight is 250 g/mol. The monoisotopic (exact) mass is 250 g/mol. The third-order valence-corrected chi connectivity index (χ3v) is 3.89. The molecule has 0 saturated heterocycles. The molecule has 2 nitrogen and oxygen atoms in total. The van der Waals surface area contributed by atoms with Gasteiger partial charge in [0.25, 0.3) is 0 Å². The molecule has 3 heteroatoms. The maximum absolute atomic E-state index is 9.17. The molecule has 0 fully saturated rings. The highest BCUT2D eigenvalue weighted by atomic mass is 32.1. The van der Waals surface area contributed by atoms with Crippen LogP contribution in [0.4, 0.5) is 0 Å². The molecule has 1 aromatic heterocycles. The second-order valence-electron chi connectivity index (χ2n) is 4.15. The molecule has 2 aromatic carbocycles. The van der Waals surface area contributed by atoms with Crippen molar-refractivity contribution in [1.29, 1.82) is 5.26 Å². The Kier molecular flexibility index (Phi) is 2.58. The summed E-state index contributed by atoms with van der Waals surface area (Å²) in [5, 5.41) is 10.1. The number of aromatic nitrogens is 1. The number of nitriles is 1. The minimum atomic E-state index is 0.680. The van der Waals surface area contributed by atoms with Crippen LogP contribution in [0, 0.1) is 18.3 Å². The van der Waals surface area contributed by atoms with Gasteiger partial charge in [-0.1, -0.05) is 23.8 Å². The second-order valence-corrected chi connectivity index (χ2v) is 5.18. The summed E-state index contributed by atoms with van der Waals surface area (Å²) in [5.41, 5.74) is 3.74. The molecule has 0 amide bonds. The molecule has 0 radical (unpaired) electrons. The summed E-state index contributed by atoms with van der Waals surface area (Å²) < 4.78 is 1.15. The molecule has 0 unspecified atom stereocenters. The van der Waals surface area contributed by atoms with Crippen LogP contribution >= 0.6 is 11.3 Å². The molecular weight excluding hydrogens is 240 g/mol. The highest BCUT2D eigenvalue weighted by Gasteiger charge is 2.10. The average Bonchev–Trinajstić information content (AvgIpc) is 2.82. The first-order valence-corrected chi connectivity index (χ1v) is 6.46. The smallest absolute Gasteiger partial charge is 0.125 e. The van der Waals surface area contributed by atoms with Crippen LogP contribution in [-0.4, -0.2) is 4.98 Å². The van der Waals surface area contributed by atoms with Gasteiger partial charge in [-0.15, -0.1) is 11.3 Å². The van der Waals surface area contributed by atoms with Crippen molar-refractivity contribution < 1.29 is 0 Å². The number of hydrogen-bond donors (Lipinski definition) is 0. The van der Waals surface area contributed by atoms with E-state index in [2.05, 4.69) is 17.1 Å². The molecular formula is C15H10N2S. The van der Waals surface area contributed by atoms with Crippen LogP contribution in [0.1, 0.15) is 11.1 Å². The van der Waals surface area contributed by atoms with Gasteiger partial charge in [-0.3, -0.25) is 0 Å². The number of nitrogens with zero attached hydrogens (tertiary/aromatic N) is 2. The van der Waals surface area contributed by atoms with Crippen molar-refractivity contribution in [2.75, 3.05) is 0 Å². The fourth-order valence-electron chi connectivity index (χ4n) is 1.92. The second kappa shape index (κ2) is 4.25. The van der Waals surface area contributed by atoms with Gasteiger partial charge in [0.05, 0.1) is 21.8 Å². The zero-order chi connectivity index (χ0) is 12.5. The van der Waals surface area contributed by atoms with Crippen molar-refractivity contribution >= 4 is 21.6 Å². The molecule has 86 valence electrons. The van der Waals surface area contributed by atoms with Crippen LogP contribution in [0.2, 0.25) is 0 Å². The first-order chi connectivity index (χ1) is 8.78. The van der Waals surface area contributed by atoms with Gasteiger partial charge in [-0.25, -0.2) is 4.98 Å². The summed E-state index contributed by atoms with van der Waals surface area (Å²) in [6, 6.07) is 16.1. The van der Waals surface area contributed by atoms with E-state index in [1.54, 1.807) is 11.3 Å². The molecule has 0 aliphatic rings. The Balaban J connectivity index is 2.26. The Bertz CT molecular complexity index is 733. The molecule has 18 heavy (non-hydrogen) atoms. The van der Waals surface area contributed by atoms with Gasteiger partial charge in [-0.05, 0) is 31.2 Å². The quantitative estimate of drug-likeness (QED) is 0.650. The van der Waals surface area contributed by atoms with Crippen LogP contribution in [0.5, 0.6) is 0 Å². The molecule has 0 spiro atoms. The number of aryl methyl sites for hydroxylation is 1. The van der Waals surface area contributed by atoms with Crippen LogP contribution < -0.4 is 0 Å². The van der Waals surface area contributed by atoms with Crippen LogP contribution in [0.3, 0.4) is 0 Å². The van der Waals surface area contributed by atoms with E-state index in [1.807, 2.05) is 43.3 Å². The Morgan fingerprint density at radius 2 is 2.00 bits per heavy atom. The molecule has 0 N–H and O–H groups in total. The lowest BCUT2D eigenvalue weighted by Crippen LogP contribution is -1.84. The predicted octanol–water partition coefficient (Wildman–Crippen LogP) is 4.14. The third kappa shape index (κ3) is 1.77. The Labute approximate surface area is 109 Å². The zero-order valence-corrected chi connectivity index (χ0v) is 10.7. The van der Waals surface area contributed by atoms with Gasteiger partial charge in [0.1, 0.15) is 5.01 Å². The van der Waals surface area contributed by atoms with E-state index in [-0.39, 0.29) is 0 Å². The number of hydrogen-bond acceptors (Lipinski definition) is 3. The van der Waals surface area contributed by atoms with E-state index in [0.29, 0.717) is 5.56 Å². The molecule has 3 aromatic rings. The van der Waals surface area contributed by atoms with E-state index in [0.717, 1.165) is 26.4 Å². The van der Waals surface area contributed by atoms with Gasteiger partial charge in [-0.2, -0.15) is 5.26 Å². The fourth-order valence-corrected chi connectivity index (χ4v) is 2.92. The Morgan fingerprint density at radius 1 is 1.17 bits per heavy atom. The summed E-state index contributed by atoms with van der Waals surface area (Å²) in [4.78, 5) is 4.60. The summed E-state index contributed by atoms with van der Waals surface area (Å²) >= 11 is 1.63. The normalized spacial score (nSPS) is 10.4. The number of thiazole rings is 1. The number of rotatable bonds is 1. The van der Waals surface area contributed by atoms with Crippen molar-refractivity contribution in [1.82, 2.24) is 4.98 Å². The van der Waals surface area contributed by atoms with Crippen LogP contribution in [0.15, 0.2) is 42.5 Å². The molecule has 0 aliphatic heterocycles. The first kappa shape index (κ1) is 10.9. The van der Waals surface area contributed by atoms with Crippen molar-refractivity contribution in [3.05, 3.63) is 53.6 Å². The first-order valence-electron chi connectivity index (χ1n) is 5.64. The van der Waals surface area contributed by atoms with Gasteiger partial charge in [0.2, 0.25) is 0 Å². The number of benzene rings is 2. The summed E-state index contributed by atoms with van der Waals surface area (Å²) in [7, 11) is 0. The van der Waals surface area contributed by atoms with Crippen LogP contribution in [0.25, 0.3) is 20.8 Å². The topological polar surface area (TPSA) is 36.7 Å². The highest BCUT2D eigenvalue weighted by molar-refractivity contribution is 7.21. The number of fused-ring (bicyclic) bond motifs is 1. The van der Waals surface area contributed by atoms with Crippen molar-refractivity contribution in [3.8, 4) is 16.6 Å². The number of para-hydroxylation sites is 1. The van der Waals surface area contributed by atoms with E-state index in [1.165, 1.54) is 0 Å². The molecule has 0 bridgehead atoms. The Hall–Kier alpha value is -2.18. The largest absolute Gasteiger partial charge is 0.236 e. The van der Waals surface area contributed by atoms with E-state index < -0.39 is 0 Å². The van der Waals surface area contributed by atoms with Crippen LogP contribution in [-0.2, 0) is 0 Å². The minimum Gasteiger partial charge on any atom is -0.236 e. The maximum Gasteiger partial charge on any atom is 0.125 e. The lowest BCUT2D eigenvalue weighted by molar-refractivity contribution is 1.40. The molecule has 3 rings (SSSR count). The lowest BCUT2D eigenvalue weighted by Gasteiger charge is -2.00. The summed E-state index contributed by atoms with van der Waals surface area (Å²) in [6.45, 7) is 2.03. The fraction of sp³-hybridized carbons (Fsp3) is 0.0667. The van der Waals surface area contributed by atoms with Gasteiger partial charge in [0.15, 0.2) is 0 Å². The van der Waals surface area contributed by atoms with E-state index in [4.69, 9.17) is 0 Å². The molecule has 0 aliphatic carbocycles. The lowest BCUT2D eigenvalue weighted by atomic mass is 10.1. The zero-order valence-electron chi connectivity index (χ0n) is 9.84. The SMILES string of the molecule is Cc1ccc(C#N)c(-c2nc3ccccc3s2)c1. The minimum absolute atomic E-state index is 0.680. The third-order valence-electron chi connectivity index (χ3n) is 2.82. The maximum atomic E-state index is 9.17. The standard InChI is InChI=1S/C15H10N2S/c1-10-6-7-11(9-16)12(8-10)15-17-13-4-2-3-5-14(13)18-15/h2-8H,1H3. The van der Waals surface area contributed by atoms with E-state index >= 15 is 0 Å². The van der Waals surface area contributed by atoms with Gasteiger partial charge < -0.3 is 0 Å². The molecule has 1 heterocycles. The predicted molar refractivity (Wildman–Crippen MR) is 74.5 cm³/mol. The van der Waals surface area contributed by atoms with E-state index in [9.17, 15) is 5.26 Å². The highest BCUT2D eigenvalue weighted by Crippen LogP contribution is 2.32. The van der Waals surface area contributed by atoms with Gasteiger partial charge in [0, 0.05) is 5.56 Å². The van der Waals surface area contributed by atoms with Crippen molar-refractivity contribution in [2.24, 2.45) is 0 Å². The van der Waals surface area contributed by atoms with Crippen molar-refractivity contribution in [2.45, 2.75) is 6.92 Å². The van der Waals surface area contributed by atoms with Gasteiger partial charge >= 0.3 is 0 Å². The Morgan fingerprint density at radius 3 is 2.78 bits per heavy atom. The molecule has 0 saturated carbocycles. The summed E-state index contributed by atoms with van der Waals surface area (Å²) in [5.74, 6) is 0.